The fourth-order valence-electron chi connectivity index (χ4n) is 1.25. The minimum atomic E-state index is -0.719. The van der Waals surface area contributed by atoms with Crippen LogP contribution in [0.4, 0.5) is 4.39 Å². The van der Waals surface area contributed by atoms with E-state index in [0.29, 0.717) is 26.4 Å². The highest BCUT2D eigenvalue weighted by Crippen LogP contribution is 2.00. The third kappa shape index (κ3) is 7.13. The topological polar surface area (TPSA) is 66.9 Å². The van der Waals surface area contributed by atoms with Crippen LogP contribution < -0.4 is 0 Å². The Labute approximate surface area is 116 Å². The van der Waals surface area contributed by atoms with Gasteiger partial charge in [0.15, 0.2) is 5.69 Å². The largest absolute Gasteiger partial charge is 0.459 e. The number of hydrogen-bond acceptors (Lipinski definition) is 6. The van der Waals surface area contributed by atoms with Crippen molar-refractivity contribution in [2.75, 3.05) is 46.8 Å². The summed E-state index contributed by atoms with van der Waals surface area (Å²) in [7, 11) is 1.60. The van der Waals surface area contributed by atoms with Gasteiger partial charge in [0.05, 0.1) is 33.0 Å². The first kappa shape index (κ1) is 16.5. The van der Waals surface area contributed by atoms with Gasteiger partial charge in [0, 0.05) is 7.11 Å². The van der Waals surface area contributed by atoms with Gasteiger partial charge in [-0.15, -0.1) is 0 Å². The summed E-state index contributed by atoms with van der Waals surface area (Å²) in [6, 6.07) is 3.94. The molecule has 0 fully saturated rings. The van der Waals surface area contributed by atoms with E-state index < -0.39 is 11.9 Å². The molecule has 20 heavy (non-hydrogen) atoms. The number of pyridine rings is 1. The van der Waals surface area contributed by atoms with E-state index in [4.69, 9.17) is 18.9 Å². The second-order valence-electron chi connectivity index (χ2n) is 3.70. The third-order valence-electron chi connectivity index (χ3n) is 2.19. The quantitative estimate of drug-likeness (QED) is 0.364. The van der Waals surface area contributed by atoms with E-state index >= 15 is 0 Å². The van der Waals surface area contributed by atoms with Crippen molar-refractivity contribution >= 4 is 5.97 Å². The molecule has 1 rings (SSSR count). The van der Waals surface area contributed by atoms with Gasteiger partial charge in [-0.3, -0.25) is 0 Å². The van der Waals surface area contributed by atoms with Crippen LogP contribution in [0.5, 0.6) is 0 Å². The molecular formula is C13H18FNO5. The van der Waals surface area contributed by atoms with Crippen molar-refractivity contribution in [2.24, 2.45) is 0 Å². The molecule has 0 N–H and O–H groups in total. The summed E-state index contributed by atoms with van der Waals surface area (Å²) in [4.78, 5) is 14.9. The Morgan fingerprint density at radius 2 is 1.75 bits per heavy atom. The number of aromatic nitrogens is 1. The van der Waals surface area contributed by atoms with Crippen molar-refractivity contribution in [2.45, 2.75) is 0 Å². The molecule has 7 heteroatoms. The average Bonchev–Trinajstić information content (AvgIpc) is 2.45. The summed E-state index contributed by atoms with van der Waals surface area (Å²) in [5.74, 6) is -1.40. The van der Waals surface area contributed by atoms with Crippen molar-refractivity contribution < 1.29 is 28.1 Å². The summed E-state index contributed by atoms with van der Waals surface area (Å²) < 4.78 is 32.8. The maximum Gasteiger partial charge on any atom is 0.357 e. The van der Waals surface area contributed by atoms with Crippen LogP contribution in [-0.4, -0.2) is 57.7 Å². The first-order chi connectivity index (χ1) is 9.74. The smallest absolute Gasteiger partial charge is 0.357 e. The molecule has 6 nitrogen and oxygen atoms in total. The van der Waals surface area contributed by atoms with Gasteiger partial charge >= 0.3 is 5.97 Å². The number of halogens is 1. The lowest BCUT2D eigenvalue weighted by Crippen LogP contribution is -2.14. The number of ether oxygens (including phenoxy) is 4. The number of esters is 1. The van der Waals surface area contributed by atoms with Gasteiger partial charge in [-0.25, -0.2) is 9.78 Å². The lowest BCUT2D eigenvalue weighted by Gasteiger charge is -2.06. The van der Waals surface area contributed by atoms with E-state index in [1.54, 1.807) is 7.11 Å². The van der Waals surface area contributed by atoms with Crippen LogP contribution in [-0.2, 0) is 18.9 Å². The summed E-state index contributed by atoms with van der Waals surface area (Å²) in [6.07, 6.45) is 0. The van der Waals surface area contributed by atoms with Crippen LogP contribution in [0, 0.1) is 5.95 Å². The van der Waals surface area contributed by atoms with E-state index in [-0.39, 0.29) is 18.9 Å². The molecule has 0 aliphatic rings. The second kappa shape index (κ2) is 10.2. The monoisotopic (exact) mass is 287 g/mol. The molecule has 0 saturated carbocycles. The van der Waals surface area contributed by atoms with Crippen LogP contribution in [0.15, 0.2) is 18.2 Å². The van der Waals surface area contributed by atoms with E-state index in [1.165, 1.54) is 12.1 Å². The Morgan fingerprint density at radius 1 is 1.10 bits per heavy atom. The van der Waals surface area contributed by atoms with Crippen LogP contribution >= 0.6 is 0 Å². The number of hydrogen-bond donors (Lipinski definition) is 0. The van der Waals surface area contributed by atoms with Gasteiger partial charge in [-0.1, -0.05) is 6.07 Å². The molecule has 1 aromatic heterocycles. The summed E-state index contributed by atoms with van der Waals surface area (Å²) in [5, 5.41) is 0. The van der Waals surface area contributed by atoms with Gasteiger partial charge < -0.3 is 18.9 Å². The molecule has 112 valence electrons. The van der Waals surface area contributed by atoms with E-state index in [1.807, 2.05) is 0 Å². The van der Waals surface area contributed by atoms with Crippen molar-refractivity contribution in [1.82, 2.24) is 4.98 Å². The standard InChI is InChI=1S/C13H18FNO5/c1-17-5-6-18-7-8-19-9-10-20-13(16)11-3-2-4-12(14)15-11/h2-4H,5-10H2,1H3. The van der Waals surface area contributed by atoms with E-state index in [9.17, 15) is 9.18 Å². The predicted molar refractivity (Wildman–Crippen MR) is 68.0 cm³/mol. The first-order valence-corrected chi connectivity index (χ1v) is 6.18. The van der Waals surface area contributed by atoms with Gasteiger partial charge in [-0.05, 0) is 12.1 Å². The minimum Gasteiger partial charge on any atom is -0.459 e. The minimum absolute atomic E-state index is 0.0621. The molecule has 0 amide bonds. The number of methoxy groups -OCH3 is 1. The maximum absolute atomic E-state index is 12.8. The molecule has 0 aromatic carbocycles. The van der Waals surface area contributed by atoms with Gasteiger partial charge in [0.25, 0.3) is 0 Å². The fourth-order valence-corrected chi connectivity index (χ4v) is 1.25. The number of rotatable bonds is 10. The molecular weight excluding hydrogens is 269 g/mol. The van der Waals surface area contributed by atoms with E-state index in [0.717, 1.165) is 6.07 Å². The zero-order valence-electron chi connectivity index (χ0n) is 11.3. The highest BCUT2D eigenvalue weighted by atomic mass is 19.1. The number of nitrogens with zero attached hydrogens (tertiary/aromatic N) is 1. The second-order valence-corrected chi connectivity index (χ2v) is 3.70. The highest BCUT2D eigenvalue weighted by molar-refractivity contribution is 5.87. The van der Waals surface area contributed by atoms with E-state index in [2.05, 4.69) is 4.98 Å². The van der Waals surface area contributed by atoms with Crippen molar-refractivity contribution in [3.05, 3.63) is 29.8 Å². The average molecular weight is 287 g/mol. The first-order valence-electron chi connectivity index (χ1n) is 6.18. The van der Waals surface area contributed by atoms with Gasteiger partial charge in [-0.2, -0.15) is 4.39 Å². The Hall–Kier alpha value is -1.57. The normalized spacial score (nSPS) is 10.5. The molecule has 1 aromatic rings. The third-order valence-corrected chi connectivity index (χ3v) is 2.19. The Bertz CT molecular complexity index is 402. The molecule has 0 aliphatic carbocycles. The molecule has 0 bridgehead atoms. The fraction of sp³-hybridized carbons (Fsp3) is 0.538. The zero-order valence-corrected chi connectivity index (χ0v) is 11.3. The van der Waals surface area contributed by atoms with Crippen LogP contribution in [0.2, 0.25) is 0 Å². The predicted octanol–water partition coefficient (Wildman–Crippen LogP) is 1.06. The van der Waals surface area contributed by atoms with Gasteiger partial charge in [0.1, 0.15) is 6.61 Å². The molecule has 0 atom stereocenters. The molecule has 1 heterocycles. The van der Waals surface area contributed by atoms with Crippen molar-refractivity contribution in [3.8, 4) is 0 Å². The SMILES string of the molecule is COCCOCCOCCOC(=O)c1cccc(F)n1. The van der Waals surface area contributed by atoms with Crippen molar-refractivity contribution in [3.63, 3.8) is 0 Å². The Kier molecular flexibility index (Phi) is 8.44. The number of carbonyl (C=O) groups is 1. The summed E-state index contributed by atoms with van der Waals surface area (Å²) >= 11 is 0. The maximum atomic E-state index is 12.8. The Morgan fingerprint density at radius 3 is 2.40 bits per heavy atom. The van der Waals surface area contributed by atoms with Gasteiger partial charge in [0.2, 0.25) is 5.95 Å². The lowest BCUT2D eigenvalue weighted by molar-refractivity contribution is 0.00545. The molecule has 0 aliphatic heterocycles. The molecule has 0 spiro atoms. The lowest BCUT2D eigenvalue weighted by atomic mass is 10.3. The molecule has 0 saturated heterocycles. The van der Waals surface area contributed by atoms with Crippen LogP contribution in [0.3, 0.4) is 0 Å². The zero-order chi connectivity index (χ0) is 14.6. The number of carbonyl (C=O) groups excluding carboxylic acids is 1. The van der Waals surface area contributed by atoms with Crippen LogP contribution in [0.25, 0.3) is 0 Å². The highest BCUT2D eigenvalue weighted by Gasteiger charge is 2.09. The molecule has 0 unspecified atom stereocenters. The van der Waals surface area contributed by atoms with Crippen molar-refractivity contribution in [1.29, 1.82) is 0 Å². The summed E-state index contributed by atoms with van der Waals surface area (Å²) in [6.45, 7) is 2.23. The van der Waals surface area contributed by atoms with Crippen LogP contribution in [0.1, 0.15) is 10.5 Å². The Balaban J connectivity index is 2.02. The molecule has 0 radical (unpaired) electrons. The summed E-state index contributed by atoms with van der Waals surface area (Å²) in [5.41, 5.74) is -0.0621.